The highest BCUT2D eigenvalue weighted by Crippen LogP contribution is 2.25. The fourth-order valence-electron chi connectivity index (χ4n) is 3.96. The molecule has 0 aliphatic rings. The van der Waals surface area contributed by atoms with Crippen LogP contribution in [0.15, 0.2) is 97.2 Å². The molecule has 0 fully saturated rings. The van der Waals surface area contributed by atoms with Crippen molar-refractivity contribution < 1.29 is 9.53 Å². The van der Waals surface area contributed by atoms with Gasteiger partial charge in [0.15, 0.2) is 0 Å². The minimum Gasteiger partial charge on any atom is -0.492 e. The summed E-state index contributed by atoms with van der Waals surface area (Å²) in [7, 11) is 0. The Kier molecular flexibility index (Phi) is 7.66. The van der Waals surface area contributed by atoms with Gasteiger partial charge in [-0.25, -0.2) is 4.79 Å². The normalized spacial score (nSPS) is 10.6. The zero-order valence-corrected chi connectivity index (χ0v) is 19.8. The molecule has 0 bridgehead atoms. The number of ether oxygens (including phenoxy) is 1. The molecule has 34 heavy (non-hydrogen) atoms. The van der Waals surface area contributed by atoms with Gasteiger partial charge in [0.25, 0.3) is 0 Å². The Morgan fingerprint density at radius 2 is 1.62 bits per heavy atom. The number of anilines is 1. The molecule has 1 heterocycles. The first kappa shape index (κ1) is 23.2. The summed E-state index contributed by atoms with van der Waals surface area (Å²) in [5.41, 5.74) is 5.35. The Bertz CT molecular complexity index is 1220. The van der Waals surface area contributed by atoms with Crippen molar-refractivity contribution in [1.29, 1.82) is 0 Å². The Labute approximate surface area is 201 Å². The average molecular weight is 454 g/mol. The van der Waals surface area contributed by atoms with Crippen molar-refractivity contribution in [3.63, 3.8) is 0 Å². The van der Waals surface area contributed by atoms with E-state index >= 15 is 0 Å². The van der Waals surface area contributed by atoms with Crippen molar-refractivity contribution in [3.05, 3.63) is 120 Å². The first-order valence-electron chi connectivity index (χ1n) is 11.6. The van der Waals surface area contributed by atoms with Crippen molar-refractivity contribution in [2.75, 3.05) is 11.9 Å². The van der Waals surface area contributed by atoms with Crippen LogP contribution in [0.4, 0.5) is 10.5 Å². The number of nitrogens with one attached hydrogen (secondary N) is 1. The second-order valence-electron chi connectivity index (χ2n) is 8.25. The number of nitrogens with zero attached hydrogens (tertiary/aromatic N) is 2. The topological polar surface area (TPSA) is 46.5 Å². The molecule has 2 amide bonds. The van der Waals surface area contributed by atoms with Gasteiger partial charge in [-0.3, -0.25) is 0 Å². The van der Waals surface area contributed by atoms with Crippen molar-refractivity contribution in [1.82, 2.24) is 9.47 Å². The quantitative estimate of drug-likeness (QED) is 0.315. The second-order valence-corrected chi connectivity index (χ2v) is 8.25. The number of hydrogen-bond donors (Lipinski definition) is 1. The fourth-order valence-corrected chi connectivity index (χ4v) is 3.96. The SMILES string of the molecule is CCOc1ccccc1NC(=O)N(Cc1ccccc1)Cc1cccn1Cc1ccccc1C. The van der Waals surface area contributed by atoms with E-state index in [0.29, 0.717) is 31.1 Å². The van der Waals surface area contributed by atoms with Crippen molar-refractivity contribution >= 4 is 11.7 Å². The maximum atomic E-state index is 13.5. The lowest BCUT2D eigenvalue weighted by molar-refractivity contribution is 0.205. The van der Waals surface area contributed by atoms with Crippen LogP contribution in [-0.2, 0) is 19.6 Å². The molecule has 0 radical (unpaired) electrons. The van der Waals surface area contributed by atoms with Gasteiger partial charge in [-0.1, -0.05) is 66.7 Å². The van der Waals surface area contributed by atoms with E-state index in [0.717, 1.165) is 17.8 Å². The predicted molar refractivity (Wildman–Crippen MR) is 137 cm³/mol. The molecule has 3 aromatic carbocycles. The van der Waals surface area contributed by atoms with Crippen LogP contribution in [0.1, 0.15) is 29.3 Å². The van der Waals surface area contributed by atoms with Gasteiger partial charge in [-0.05, 0) is 54.8 Å². The number of rotatable bonds is 9. The van der Waals surface area contributed by atoms with Crippen LogP contribution >= 0.6 is 0 Å². The van der Waals surface area contributed by atoms with Crippen LogP contribution in [0, 0.1) is 6.92 Å². The lowest BCUT2D eigenvalue weighted by Gasteiger charge is -2.25. The van der Waals surface area contributed by atoms with Crippen molar-refractivity contribution in [2.24, 2.45) is 0 Å². The Morgan fingerprint density at radius 1 is 0.882 bits per heavy atom. The van der Waals surface area contributed by atoms with Crippen LogP contribution in [0.3, 0.4) is 0 Å². The molecule has 4 aromatic rings. The number of aromatic nitrogens is 1. The van der Waals surface area contributed by atoms with E-state index in [1.807, 2.05) is 72.5 Å². The number of para-hydroxylation sites is 2. The van der Waals surface area contributed by atoms with E-state index in [4.69, 9.17) is 4.74 Å². The highest BCUT2D eigenvalue weighted by molar-refractivity contribution is 5.91. The minimum atomic E-state index is -0.167. The number of hydrogen-bond acceptors (Lipinski definition) is 2. The third kappa shape index (κ3) is 5.87. The molecule has 0 aliphatic heterocycles. The van der Waals surface area contributed by atoms with Gasteiger partial charge in [-0.2, -0.15) is 0 Å². The fraction of sp³-hybridized carbons (Fsp3) is 0.207. The van der Waals surface area contributed by atoms with Crippen molar-refractivity contribution in [3.8, 4) is 5.75 Å². The summed E-state index contributed by atoms with van der Waals surface area (Å²) in [5.74, 6) is 0.668. The van der Waals surface area contributed by atoms with Gasteiger partial charge >= 0.3 is 6.03 Å². The van der Waals surface area contributed by atoms with Crippen LogP contribution in [0.5, 0.6) is 5.75 Å². The number of benzene rings is 3. The summed E-state index contributed by atoms with van der Waals surface area (Å²) in [6, 6.07) is 30.0. The zero-order chi connectivity index (χ0) is 23.8. The number of urea groups is 1. The first-order chi connectivity index (χ1) is 16.6. The zero-order valence-electron chi connectivity index (χ0n) is 19.8. The van der Waals surface area contributed by atoms with E-state index in [-0.39, 0.29) is 6.03 Å². The Hall–Kier alpha value is -3.99. The number of carbonyl (C=O) groups is 1. The Morgan fingerprint density at radius 3 is 2.41 bits per heavy atom. The molecule has 1 aromatic heterocycles. The summed E-state index contributed by atoms with van der Waals surface area (Å²) in [6.07, 6.45) is 2.07. The molecule has 1 N–H and O–H groups in total. The van der Waals surface area contributed by atoms with E-state index in [1.165, 1.54) is 11.1 Å². The molecule has 0 saturated carbocycles. The van der Waals surface area contributed by atoms with Gasteiger partial charge in [0.1, 0.15) is 5.75 Å². The van der Waals surface area contributed by atoms with E-state index in [9.17, 15) is 4.79 Å². The van der Waals surface area contributed by atoms with Crippen LogP contribution in [0.2, 0.25) is 0 Å². The standard InChI is InChI=1S/C29H31N3O2/c1-3-34-28-18-10-9-17-27(28)30-29(33)32(20-24-13-5-4-6-14-24)22-26-16-11-19-31(26)21-25-15-8-7-12-23(25)2/h4-19H,3,20-22H2,1-2H3,(H,30,33). The molecule has 0 unspecified atom stereocenters. The summed E-state index contributed by atoms with van der Waals surface area (Å²) >= 11 is 0. The Balaban J connectivity index is 1.57. The molecule has 0 atom stereocenters. The monoisotopic (exact) mass is 453 g/mol. The molecule has 0 aliphatic carbocycles. The van der Waals surface area contributed by atoms with Gasteiger partial charge in [0, 0.05) is 25.0 Å². The largest absolute Gasteiger partial charge is 0.492 e. The smallest absolute Gasteiger partial charge is 0.322 e. The van der Waals surface area contributed by atoms with E-state index < -0.39 is 0 Å². The number of carbonyl (C=O) groups excluding carboxylic acids is 1. The first-order valence-corrected chi connectivity index (χ1v) is 11.6. The van der Waals surface area contributed by atoms with Crippen LogP contribution < -0.4 is 10.1 Å². The molecular weight excluding hydrogens is 422 g/mol. The highest BCUT2D eigenvalue weighted by atomic mass is 16.5. The predicted octanol–water partition coefficient (Wildman–Crippen LogP) is 6.48. The van der Waals surface area contributed by atoms with Gasteiger partial charge in [0.05, 0.1) is 18.8 Å². The van der Waals surface area contributed by atoms with E-state index in [1.54, 1.807) is 0 Å². The van der Waals surface area contributed by atoms with Crippen LogP contribution in [-0.4, -0.2) is 22.1 Å². The molecule has 5 nitrogen and oxygen atoms in total. The summed E-state index contributed by atoms with van der Waals surface area (Å²) in [6.45, 7) is 6.35. The summed E-state index contributed by atoms with van der Waals surface area (Å²) in [5, 5.41) is 3.06. The van der Waals surface area contributed by atoms with Gasteiger partial charge in [0.2, 0.25) is 0 Å². The summed E-state index contributed by atoms with van der Waals surface area (Å²) < 4.78 is 7.91. The summed E-state index contributed by atoms with van der Waals surface area (Å²) in [4.78, 5) is 15.3. The molecular formula is C29H31N3O2. The van der Waals surface area contributed by atoms with Gasteiger partial charge < -0.3 is 19.5 Å². The third-order valence-corrected chi connectivity index (χ3v) is 5.81. The minimum absolute atomic E-state index is 0.167. The maximum Gasteiger partial charge on any atom is 0.322 e. The highest BCUT2D eigenvalue weighted by Gasteiger charge is 2.18. The molecule has 4 rings (SSSR count). The third-order valence-electron chi connectivity index (χ3n) is 5.81. The molecule has 0 spiro atoms. The van der Waals surface area contributed by atoms with Gasteiger partial charge in [-0.15, -0.1) is 0 Å². The maximum absolute atomic E-state index is 13.5. The second kappa shape index (κ2) is 11.2. The molecule has 174 valence electrons. The lowest BCUT2D eigenvalue weighted by atomic mass is 10.1. The molecule has 5 heteroatoms. The van der Waals surface area contributed by atoms with E-state index in [2.05, 4.69) is 53.3 Å². The number of amides is 2. The lowest BCUT2D eigenvalue weighted by Crippen LogP contribution is -2.34. The van der Waals surface area contributed by atoms with Crippen LogP contribution in [0.25, 0.3) is 0 Å². The molecule has 0 saturated heterocycles. The average Bonchev–Trinajstić information content (AvgIpc) is 3.28. The number of aryl methyl sites for hydroxylation is 1. The van der Waals surface area contributed by atoms with Crippen molar-refractivity contribution in [2.45, 2.75) is 33.5 Å².